The van der Waals surface area contributed by atoms with E-state index in [1.54, 1.807) is 24.7 Å². The van der Waals surface area contributed by atoms with Gasteiger partial charge < -0.3 is 9.15 Å². The summed E-state index contributed by atoms with van der Waals surface area (Å²) in [4.78, 5) is 5.55. The van der Waals surface area contributed by atoms with Crippen molar-refractivity contribution in [3.05, 3.63) is 42.8 Å². The van der Waals surface area contributed by atoms with E-state index >= 15 is 0 Å². The van der Waals surface area contributed by atoms with Gasteiger partial charge in [0.25, 0.3) is 0 Å². The molecule has 4 nitrogen and oxygen atoms in total. The molecule has 0 amide bonds. The van der Waals surface area contributed by atoms with Crippen LogP contribution in [0.25, 0.3) is 26.6 Å². The summed E-state index contributed by atoms with van der Waals surface area (Å²) >= 11 is 1.64. The van der Waals surface area contributed by atoms with Gasteiger partial charge in [-0.3, -0.25) is 4.40 Å². The zero-order valence-electron chi connectivity index (χ0n) is 10.2. The number of ether oxygens (including phenoxy) is 1. The Morgan fingerprint density at radius 2 is 2.26 bits per heavy atom. The number of benzene rings is 1. The Balaban J connectivity index is 1.96. The van der Waals surface area contributed by atoms with Crippen molar-refractivity contribution in [1.29, 1.82) is 0 Å². The number of hydrogen-bond donors (Lipinski definition) is 0. The highest BCUT2D eigenvalue weighted by molar-refractivity contribution is 7.23. The summed E-state index contributed by atoms with van der Waals surface area (Å²) in [5.41, 5.74) is 1.99. The minimum absolute atomic E-state index is 0.789. The monoisotopic (exact) mass is 270 g/mol. The zero-order chi connectivity index (χ0) is 12.8. The average Bonchev–Trinajstić information content (AvgIpc) is 3.12. The molecule has 0 aliphatic rings. The normalized spacial score (nSPS) is 11.4. The third-order valence-electron chi connectivity index (χ3n) is 3.07. The van der Waals surface area contributed by atoms with Crippen LogP contribution in [0.5, 0.6) is 5.75 Å². The number of methoxy groups -OCH3 is 1. The number of nitrogens with zero attached hydrogens (tertiary/aromatic N) is 2. The Kier molecular flexibility index (Phi) is 2.16. The minimum Gasteiger partial charge on any atom is -0.497 e. The standard InChI is InChI=1S/C14H10N2O2S/c1-17-9-4-5-11-13(7-9)19-14-15-10(8-16(11)14)12-3-2-6-18-12/h2-8H,1H3. The molecule has 4 aromatic rings. The van der Waals surface area contributed by atoms with Crippen LogP contribution in [0.4, 0.5) is 0 Å². The van der Waals surface area contributed by atoms with E-state index in [1.165, 1.54) is 0 Å². The molecule has 0 aliphatic carbocycles. The lowest BCUT2D eigenvalue weighted by Gasteiger charge is -1.98. The summed E-state index contributed by atoms with van der Waals surface area (Å²) < 4.78 is 13.9. The summed E-state index contributed by atoms with van der Waals surface area (Å²) in [7, 11) is 1.68. The quantitative estimate of drug-likeness (QED) is 0.556. The molecule has 0 aliphatic heterocycles. The fourth-order valence-corrected chi connectivity index (χ4v) is 3.19. The Morgan fingerprint density at radius 3 is 3.05 bits per heavy atom. The molecule has 0 fully saturated rings. The summed E-state index contributed by atoms with van der Waals surface area (Å²) in [5, 5.41) is 0. The summed E-state index contributed by atoms with van der Waals surface area (Å²) in [6.07, 6.45) is 3.66. The van der Waals surface area contributed by atoms with E-state index in [4.69, 9.17) is 9.15 Å². The predicted molar refractivity (Wildman–Crippen MR) is 74.8 cm³/mol. The van der Waals surface area contributed by atoms with Gasteiger partial charge in [0.1, 0.15) is 11.4 Å². The molecular weight excluding hydrogens is 260 g/mol. The highest BCUT2D eigenvalue weighted by atomic mass is 32.1. The van der Waals surface area contributed by atoms with E-state index < -0.39 is 0 Å². The fourth-order valence-electron chi connectivity index (χ4n) is 2.15. The number of aromatic nitrogens is 2. The van der Waals surface area contributed by atoms with Crippen LogP contribution >= 0.6 is 11.3 Å². The van der Waals surface area contributed by atoms with Crippen molar-refractivity contribution in [2.24, 2.45) is 0 Å². The highest BCUT2D eigenvalue weighted by Crippen LogP contribution is 2.31. The summed E-state index contributed by atoms with van der Waals surface area (Å²) in [6, 6.07) is 9.82. The van der Waals surface area contributed by atoms with Crippen molar-refractivity contribution in [2.45, 2.75) is 0 Å². The van der Waals surface area contributed by atoms with Crippen LogP contribution in [0, 0.1) is 0 Å². The van der Waals surface area contributed by atoms with Crippen molar-refractivity contribution in [3.63, 3.8) is 0 Å². The molecule has 0 saturated heterocycles. The lowest BCUT2D eigenvalue weighted by molar-refractivity contribution is 0.415. The molecule has 0 spiro atoms. The molecule has 0 atom stereocenters. The van der Waals surface area contributed by atoms with Gasteiger partial charge in [0.2, 0.25) is 0 Å². The first-order valence-electron chi connectivity index (χ1n) is 5.85. The highest BCUT2D eigenvalue weighted by Gasteiger charge is 2.11. The maximum absolute atomic E-state index is 5.38. The smallest absolute Gasteiger partial charge is 0.195 e. The molecule has 0 radical (unpaired) electrons. The fraction of sp³-hybridized carbons (Fsp3) is 0.0714. The van der Waals surface area contributed by atoms with E-state index in [9.17, 15) is 0 Å². The third kappa shape index (κ3) is 1.55. The van der Waals surface area contributed by atoms with Crippen LogP contribution in [0.3, 0.4) is 0 Å². The maximum atomic E-state index is 5.38. The Morgan fingerprint density at radius 1 is 1.32 bits per heavy atom. The van der Waals surface area contributed by atoms with Crippen LogP contribution in [0.15, 0.2) is 47.2 Å². The van der Waals surface area contributed by atoms with Crippen LogP contribution in [-0.4, -0.2) is 16.5 Å². The molecule has 5 heteroatoms. The molecule has 1 aromatic carbocycles. The first-order valence-corrected chi connectivity index (χ1v) is 6.66. The van der Waals surface area contributed by atoms with Gasteiger partial charge in [-0.25, -0.2) is 4.98 Å². The van der Waals surface area contributed by atoms with Crippen molar-refractivity contribution in [2.75, 3.05) is 7.11 Å². The second kappa shape index (κ2) is 3.86. The maximum Gasteiger partial charge on any atom is 0.195 e. The number of fused-ring (bicyclic) bond motifs is 3. The van der Waals surface area contributed by atoms with Crippen molar-refractivity contribution >= 4 is 26.5 Å². The molecule has 3 heterocycles. The first kappa shape index (κ1) is 10.6. The lowest BCUT2D eigenvalue weighted by atomic mass is 10.3. The van der Waals surface area contributed by atoms with E-state index in [1.807, 2.05) is 36.5 Å². The van der Waals surface area contributed by atoms with Crippen LogP contribution < -0.4 is 4.74 Å². The lowest BCUT2D eigenvalue weighted by Crippen LogP contribution is -1.82. The topological polar surface area (TPSA) is 39.7 Å². The van der Waals surface area contributed by atoms with E-state index in [0.29, 0.717) is 0 Å². The van der Waals surface area contributed by atoms with Crippen LogP contribution in [0.2, 0.25) is 0 Å². The van der Waals surface area contributed by atoms with Gasteiger partial charge in [-0.1, -0.05) is 11.3 Å². The van der Waals surface area contributed by atoms with Gasteiger partial charge in [-0.2, -0.15) is 0 Å². The molecule has 0 unspecified atom stereocenters. The summed E-state index contributed by atoms with van der Waals surface area (Å²) in [6.45, 7) is 0. The second-order valence-electron chi connectivity index (χ2n) is 4.19. The summed E-state index contributed by atoms with van der Waals surface area (Å²) in [5.74, 6) is 1.65. The first-order chi connectivity index (χ1) is 9.35. The van der Waals surface area contributed by atoms with Crippen molar-refractivity contribution in [1.82, 2.24) is 9.38 Å². The third-order valence-corrected chi connectivity index (χ3v) is 4.09. The largest absolute Gasteiger partial charge is 0.497 e. The van der Waals surface area contributed by atoms with Gasteiger partial charge in [-0.05, 0) is 30.3 Å². The van der Waals surface area contributed by atoms with Gasteiger partial charge >= 0.3 is 0 Å². The van der Waals surface area contributed by atoms with Crippen molar-refractivity contribution < 1.29 is 9.15 Å². The van der Waals surface area contributed by atoms with Crippen LogP contribution in [0.1, 0.15) is 0 Å². The molecule has 94 valence electrons. The molecule has 0 saturated carbocycles. The van der Waals surface area contributed by atoms with Crippen molar-refractivity contribution in [3.8, 4) is 17.2 Å². The number of thiazole rings is 1. The SMILES string of the molecule is COc1ccc2c(c1)sc1nc(-c3ccco3)cn12. The minimum atomic E-state index is 0.789. The average molecular weight is 270 g/mol. The van der Waals surface area contributed by atoms with Gasteiger partial charge in [0.15, 0.2) is 10.7 Å². The molecular formula is C14H10N2O2S. The van der Waals surface area contributed by atoms with Gasteiger partial charge in [0, 0.05) is 6.20 Å². The number of imidazole rings is 1. The predicted octanol–water partition coefficient (Wildman–Crippen LogP) is 3.82. The zero-order valence-corrected chi connectivity index (χ0v) is 11.0. The molecule has 4 rings (SSSR count). The number of rotatable bonds is 2. The molecule has 19 heavy (non-hydrogen) atoms. The van der Waals surface area contributed by atoms with E-state index in [-0.39, 0.29) is 0 Å². The Hall–Kier alpha value is -2.27. The number of furan rings is 1. The van der Waals surface area contributed by atoms with E-state index in [0.717, 1.165) is 32.4 Å². The molecule has 0 bridgehead atoms. The van der Waals surface area contributed by atoms with E-state index in [2.05, 4.69) is 9.38 Å². The Labute approximate surface area is 112 Å². The Bertz CT molecular complexity index is 858. The van der Waals surface area contributed by atoms with Gasteiger partial charge in [0.05, 0.1) is 23.6 Å². The second-order valence-corrected chi connectivity index (χ2v) is 5.20. The molecule has 0 N–H and O–H groups in total. The van der Waals surface area contributed by atoms with Crippen LogP contribution in [-0.2, 0) is 0 Å². The molecule has 3 aromatic heterocycles. The number of hydrogen-bond acceptors (Lipinski definition) is 4. The van der Waals surface area contributed by atoms with Gasteiger partial charge in [-0.15, -0.1) is 0 Å².